The lowest BCUT2D eigenvalue weighted by Gasteiger charge is -2.32. The number of hydrogen-bond donors (Lipinski definition) is 4. The highest BCUT2D eigenvalue weighted by atomic mass is 79.9. The van der Waals surface area contributed by atoms with Crippen LogP contribution in [0.25, 0.3) is 0 Å². The SMILES string of the molecule is COCCCN1C(=O)C2NNC(c3ccccc3O)C2C1c1cc(Br)c(O)c(OC)c1. The number of ether oxygens (including phenoxy) is 2. The molecule has 1 amide bonds. The van der Waals surface area contributed by atoms with E-state index in [0.717, 1.165) is 11.1 Å². The molecule has 2 fully saturated rings. The van der Waals surface area contributed by atoms with Gasteiger partial charge in [-0.3, -0.25) is 4.79 Å². The van der Waals surface area contributed by atoms with Crippen LogP contribution in [0.15, 0.2) is 40.9 Å². The molecule has 2 aromatic carbocycles. The van der Waals surface area contributed by atoms with Gasteiger partial charge in [0.15, 0.2) is 11.5 Å². The number of carbonyl (C=O) groups excluding carboxylic acids is 1. The molecule has 9 heteroatoms. The van der Waals surface area contributed by atoms with Gasteiger partial charge in [0.05, 0.1) is 23.7 Å². The molecule has 2 saturated heterocycles. The van der Waals surface area contributed by atoms with Crippen molar-refractivity contribution in [3.05, 3.63) is 52.0 Å². The smallest absolute Gasteiger partial charge is 0.242 e. The first-order valence-electron chi connectivity index (χ1n) is 10.1. The Hall–Kier alpha value is -2.33. The fourth-order valence-electron chi connectivity index (χ4n) is 4.67. The van der Waals surface area contributed by atoms with E-state index in [9.17, 15) is 15.0 Å². The van der Waals surface area contributed by atoms with Gasteiger partial charge in [0.25, 0.3) is 0 Å². The molecule has 4 unspecified atom stereocenters. The summed E-state index contributed by atoms with van der Waals surface area (Å²) < 4.78 is 11.0. The monoisotopic (exact) mass is 491 g/mol. The van der Waals surface area contributed by atoms with E-state index < -0.39 is 6.04 Å². The zero-order valence-electron chi connectivity index (χ0n) is 17.3. The van der Waals surface area contributed by atoms with Crippen molar-refractivity contribution in [3.63, 3.8) is 0 Å². The summed E-state index contributed by atoms with van der Waals surface area (Å²) in [6, 6.07) is 9.70. The van der Waals surface area contributed by atoms with Crippen molar-refractivity contribution in [1.29, 1.82) is 0 Å². The van der Waals surface area contributed by atoms with Crippen molar-refractivity contribution in [2.45, 2.75) is 24.5 Å². The number of fused-ring (bicyclic) bond motifs is 1. The Morgan fingerprint density at radius 1 is 1.13 bits per heavy atom. The Morgan fingerprint density at radius 2 is 1.87 bits per heavy atom. The lowest BCUT2D eigenvalue weighted by molar-refractivity contribution is -0.131. The molecule has 2 aliphatic heterocycles. The van der Waals surface area contributed by atoms with Crippen LogP contribution in [0.1, 0.15) is 29.6 Å². The Balaban J connectivity index is 1.79. The van der Waals surface area contributed by atoms with Crippen molar-refractivity contribution in [1.82, 2.24) is 15.8 Å². The predicted octanol–water partition coefficient (Wildman–Crippen LogP) is 2.62. The van der Waals surface area contributed by atoms with Crippen molar-refractivity contribution in [2.75, 3.05) is 27.4 Å². The van der Waals surface area contributed by atoms with Gasteiger partial charge < -0.3 is 24.6 Å². The quantitative estimate of drug-likeness (QED) is 0.441. The third kappa shape index (κ3) is 3.87. The molecule has 4 rings (SSSR count). The Labute approximate surface area is 189 Å². The minimum atomic E-state index is -0.448. The van der Waals surface area contributed by atoms with Crippen LogP contribution in [0.5, 0.6) is 17.2 Å². The molecule has 0 aliphatic carbocycles. The second kappa shape index (κ2) is 9.04. The minimum absolute atomic E-state index is 0.0120. The first-order chi connectivity index (χ1) is 15.0. The van der Waals surface area contributed by atoms with E-state index in [1.165, 1.54) is 7.11 Å². The zero-order valence-corrected chi connectivity index (χ0v) is 18.9. The third-order valence-corrected chi connectivity index (χ3v) is 6.65. The van der Waals surface area contributed by atoms with Crippen LogP contribution < -0.4 is 15.6 Å². The molecular formula is C22H26BrN3O5. The molecule has 0 spiro atoms. The van der Waals surface area contributed by atoms with E-state index in [1.807, 2.05) is 23.1 Å². The fraction of sp³-hybridized carbons (Fsp3) is 0.409. The van der Waals surface area contributed by atoms with E-state index >= 15 is 0 Å². The van der Waals surface area contributed by atoms with Gasteiger partial charge in [-0.25, -0.2) is 10.9 Å². The number of phenols is 2. The number of nitrogens with one attached hydrogen (secondary N) is 2. The molecule has 166 valence electrons. The summed E-state index contributed by atoms with van der Waals surface area (Å²) in [7, 11) is 3.13. The number of benzene rings is 2. The number of hydrogen-bond acceptors (Lipinski definition) is 7. The van der Waals surface area contributed by atoms with Gasteiger partial charge in [-0.15, -0.1) is 0 Å². The maximum atomic E-state index is 13.4. The van der Waals surface area contributed by atoms with Gasteiger partial charge in [-0.1, -0.05) is 18.2 Å². The predicted molar refractivity (Wildman–Crippen MR) is 118 cm³/mol. The topological polar surface area (TPSA) is 103 Å². The van der Waals surface area contributed by atoms with Gasteiger partial charge >= 0.3 is 0 Å². The molecule has 2 aromatic rings. The lowest BCUT2D eigenvalue weighted by Crippen LogP contribution is -2.41. The molecule has 0 saturated carbocycles. The van der Waals surface area contributed by atoms with Gasteiger partial charge in [0.1, 0.15) is 11.8 Å². The number of para-hydroxylation sites is 1. The molecule has 0 radical (unpaired) electrons. The Bertz CT molecular complexity index is 972. The van der Waals surface area contributed by atoms with Crippen LogP contribution >= 0.6 is 15.9 Å². The molecule has 4 atom stereocenters. The normalized spacial score (nSPS) is 25.1. The van der Waals surface area contributed by atoms with Crippen LogP contribution in [-0.2, 0) is 9.53 Å². The number of rotatable bonds is 7. The number of carbonyl (C=O) groups is 1. The molecule has 2 heterocycles. The largest absolute Gasteiger partial charge is 0.508 e. The second-order valence-electron chi connectivity index (χ2n) is 7.76. The third-order valence-electron chi connectivity index (χ3n) is 6.05. The highest BCUT2D eigenvalue weighted by molar-refractivity contribution is 9.10. The van der Waals surface area contributed by atoms with Crippen molar-refractivity contribution < 1.29 is 24.5 Å². The van der Waals surface area contributed by atoms with Crippen LogP contribution in [-0.4, -0.2) is 54.4 Å². The van der Waals surface area contributed by atoms with Crippen molar-refractivity contribution in [3.8, 4) is 17.2 Å². The number of amides is 1. The zero-order chi connectivity index (χ0) is 22.1. The molecule has 31 heavy (non-hydrogen) atoms. The molecule has 2 aliphatic rings. The van der Waals surface area contributed by atoms with Crippen molar-refractivity contribution in [2.24, 2.45) is 5.92 Å². The summed E-state index contributed by atoms with van der Waals surface area (Å²) in [5.74, 6) is 0.313. The first-order valence-corrected chi connectivity index (χ1v) is 10.9. The van der Waals surface area contributed by atoms with Crippen LogP contribution in [0.2, 0.25) is 0 Å². The molecule has 8 nitrogen and oxygen atoms in total. The van der Waals surface area contributed by atoms with E-state index in [1.54, 1.807) is 25.3 Å². The number of phenolic OH excluding ortho intramolecular Hbond substituents is 2. The maximum Gasteiger partial charge on any atom is 0.242 e. The standard InChI is InChI=1S/C22H26BrN3O5/c1-30-9-5-8-26-20(12-10-14(23)21(28)16(11-12)31-2)17-18(24-25-19(17)22(26)29)13-6-3-4-7-15(13)27/h3-4,6-7,10-11,17-20,24-25,27-28H,5,8-9H2,1-2H3. The summed E-state index contributed by atoms with van der Waals surface area (Å²) in [4.78, 5) is 15.2. The number of nitrogens with zero attached hydrogens (tertiary/aromatic N) is 1. The summed E-state index contributed by atoms with van der Waals surface area (Å²) in [5, 5.41) is 20.8. The highest BCUT2D eigenvalue weighted by Gasteiger charge is 2.55. The fourth-order valence-corrected chi connectivity index (χ4v) is 5.13. The summed E-state index contributed by atoms with van der Waals surface area (Å²) in [6.07, 6.45) is 0.698. The van der Waals surface area contributed by atoms with Crippen LogP contribution in [0.4, 0.5) is 0 Å². The average molecular weight is 492 g/mol. The summed E-state index contributed by atoms with van der Waals surface area (Å²) >= 11 is 3.40. The number of halogens is 1. The number of aromatic hydroxyl groups is 2. The Morgan fingerprint density at radius 3 is 2.58 bits per heavy atom. The second-order valence-corrected chi connectivity index (χ2v) is 8.61. The summed E-state index contributed by atoms with van der Waals surface area (Å²) in [6.45, 7) is 1.07. The summed E-state index contributed by atoms with van der Waals surface area (Å²) in [5.41, 5.74) is 7.92. The van der Waals surface area contributed by atoms with Gasteiger partial charge in [-0.05, 0) is 46.1 Å². The molecule has 4 N–H and O–H groups in total. The Kier molecular flexibility index (Phi) is 6.38. The van der Waals surface area contributed by atoms with Gasteiger partial charge in [0, 0.05) is 31.7 Å². The minimum Gasteiger partial charge on any atom is -0.508 e. The number of methoxy groups -OCH3 is 2. The molecule has 0 aromatic heterocycles. The van der Waals surface area contributed by atoms with E-state index in [-0.39, 0.29) is 35.4 Å². The van der Waals surface area contributed by atoms with Gasteiger partial charge in [0.2, 0.25) is 5.91 Å². The lowest BCUT2D eigenvalue weighted by atomic mass is 9.83. The van der Waals surface area contributed by atoms with E-state index in [0.29, 0.717) is 29.8 Å². The van der Waals surface area contributed by atoms with Gasteiger partial charge in [-0.2, -0.15) is 0 Å². The number of hydrazine groups is 1. The molecule has 0 bridgehead atoms. The maximum absolute atomic E-state index is 13.4. The highest BCUT2D eigenvalue weighted by Crippen LogP contribution is 2.50. The van der Waals surface area contributed by atoms with Crippen LogP contribution in [0.3, 0.4) is 0 Å². The van der Waals surface area contributed by atoms with E-state index in [4.69, 9.17) is 9.47 Å². The first kappa shape index (κ1) is 21.9. The van der Waals surface area contributed by atoms with E-state index in [2.05, 4.69) is 26.8 Å². The van der Waals surface area contributed by atoms with Crippen molar-refractivity contribution >= 4 is 21.8 Å². The average Bonchev–Trinajstić information content (AvgIpc) is 3.30. The molecular weight excluding hydrogens is 466 g/mol. The number of likely N-dealkylation sites (tertiary alicyclic amines) is 1. The van der Waals surface area contributed by atoms with Crippen LogP contribution in [0, 0.1) is 5.92 Å².